The fourth-order valence-corrected chi connectivity index (χ4v) is 1.22. The molecule has 0 aliphatic carbocycles. The molecule has 0 saturated heterocycles. The van der Waals surface area contributed by atoms with E-state index >= 15 is 0 Å². The first-order valence-corrected chi connectivity index (χ1v) is 5.05. The van der Waals surface area contributed by atoms with Crippen LogP contribution >= 0.6 is 0 Å². The molecule has 0 fully saturated rings. The molecule has 0 aliphatic heterocycles. The summed E-state index contributed by atoms with van der Waals surface area (Å²) < 4.78 is 0. The van der Waals surface area contributed by atoms with Crippen LogP contribution < -0.4 is 10.6 Å². The third-order valence-corrected chi connectivity index (χ3v) is 1.96. The third kappa shape index (κ3) is 5.53. The summed E-state index contributed by atoms with van der Waals surface area (Å²) in [6.45, 7) is 0.0739. The molecule has 6 nitrogen and oxygen atoms in total. The lowest BCUT2D eigenvalue weighted by atomic mass is 10.2. The number of hydrogen-bond acceptors (Lipinski definition) is 4. The normalized spacial score (nSPS) is 9.88. The molecule has 0 aromatic heterocycles. The molecule has 0 aliphatic rings. The second-order valence-electron chi connectivity index (χ2n) is 3.44. The lowest BCUT2D eigenvalue weighted by Gasteiger charge is -2.05. The Balaban J connectivity index is 2.23. The molecule has 0 saturated carbocycles. The molecule has 1 aromatic rings. The van der Waals surface area contributed by atoms with E-state index in [1.165, 1.54) is 0 Å². The first-order chi connectivity index (χ1) is 8.08. The topological polar surface area (TPSA) is 98.7 Å². The zero-order valence-electron chi connectivity index (χ0n) is 9.14. The van der Waals surface area contributed by atoms with Gasteiger partial charge in [-0.25, -0.2) is 0 Å². The fraction of sp³-hybridized carbons (Fsp3) is 0.273. The van der Waals surface area contributed by atoms with Crippen molar-refractivity contribution in [3.63, 3.8) is 0 Å². The van der Waals surface area contributed by atoms with Crippen LogP contribution in [0.1, 0.15) is 5.56 Å². The van der Waals surface area contributed by atoms with Gasteiger partial charge in [-0.2, -0.15) is 0 Å². The Morgan fingerprint density at radius 1 is 1.24 bits per heavy atom. The molecule has 1 aromatic carbocycles. The Hall–Kier alpha value is -2.08. The van der Waals surface area contributed by atoms with Gasteiger partial charge >= 0.3 is 5.97 Å². The van der Waals surface area contributed by atoms with E-state index in [2.05, 4.69) is 10.6 Å². The van der Waals surface area contributed by atoms with E-state index < -0.39 is 5.97 Å². The molecule has 0 bridgehead atoms. The zero-order chi connectivity index (χ0) is 12.7. The SMILES string of the molecule is O=C(O)CNC(=O)CNCc1cccc(O)c1. The summed E-state index contributed by atoms with van der Waals surface area (Å²) in [6, 6.07) is 6.66. The van der Waals surface area contributed by atoms with E-state index in [9.17, 15) is 14.7 Å². The molecule has 0 radical (unpaired) electrons. The Labute approximate surface area is 98.3 Å². The van der Waals surface area contributed by atoms with Gasteiger partial charge in [0.25, 0.3) is 0 Å². The fourth-order valence-electron chi connectivity index (χ4n) is 1.22. The Morgan fingerprint density at radius 3 is 2.65 bits per heavy atom. The van der Waals surface area contributed by atoms with Crippen LogP contribution in [-0.2, 0) is 16.1 Å². The number of carboxylic acid groups (broad SMARTS) is 1. The highest BCUT2D eigenvalue weighted by molar-refractivity contribution is 5.82. The van der Waals surface area contributed by atoms with Gasteiger partial charge in [0.1, 0.15) is 12.3 Å². The van der Waals surface area contributed by atoms with Crippen molar-refractivity contribution in [1.82, 2.24) is 10.6 Å². The molecule has 1 rings (SSSR count). The van der Waals surface area contributed by atoms with E-state index in [1.54, 1.807) is 18.2 Å². The Kier molecular flexibility index (Phi) is 4.96. The second kappa shape index (κ2) is 6.49. The van der Waals surface area contributed by atoms with Crippen LogP contribution in [0.3, 0.4) is 0 Å². The van der Waals surface area contributed by atoms with Crippen LogP contribution in [0.15, 0.2) is 24.3 Å². The number of nitrogens with one attached hydrogen (secondary N) is 2. The molecule has 6 heteroatoms. The predicted octanol–water partition coefficient (Wildman–Crippen LogP) is -0.317. The highest BCUT2D eigenvalue weighted by atomic mass is 16.4. The van der Waals surface area contributed by atoms with Gasteiger partial charge in [-0.1, -0.05) is 12.1 Å². The molecule has 0 heterocycles. The van der Waals surface area contributed by atoms with Crippen LogP contribution in [0.25, 0.3) is 0 Å². The van der Waals surface area contributed by atoms with Crippen LogP contribution in [0.4, 0.5) is 0 Å². The molecular weight excluding hydrogens is 224 g/mol. The standard InChI is InChI=1S/C11H14N2O4/c14-9-3-1-2-8(4-9)5-12-6-10(15)13-7-11(16)17/h1-4,12,14H,5-7H2,(H,13,15)(H,16,17). The number of aliphatic carboxylic acids is 1. The van der Waals surface area contributed by atoms with Crippen LogP contribution in [0.2, 0.25) is 0 Å². The van der Waals surface area contributed by atoms with E-state index in [0.29, 0.717) is 6.54 Å². The van der Waals surface area contributed by atoms with Gasteiger partial charge in [-0.05, 0) is 17.7 Å². The average Bonchev–Trinajstić information content (AvgIpc) is 2.26. The van der Waals surface area contributed by atoms with E-state index in [4.69, 9.17) is 5.11 Å². The molecule has 0 spiro atoms. The van der Waals surface area contributed by atoms with Crippen LogP contribution in [0, 0.1) is 0 Å². The average molecular weight is 238 g/mol. The maximum atomic E-state index is 11.1. The van der Waals surface area contributed by atoms with Gasteiger partial charge in [-0.15, -0.1) is 0 Å². The number of carbonyl (C=O) groups excluding carboxylic acids is 1. The van der Waals surface area contributed by atoms with Gasteiger partial charge in [-0.3, -0.25) is 9.59 Å². The number of phenols is 1. The summed E-state index contributed by atoms with van der Waals surface area (Å²) in [5.74, 6) is -1.29. The van der Waals surface area contributed by atoms with Gasteiger partial charge in [0, 0.05) is 6.54 Å². The lowest BCUT2D eigenvalue weighted by Crippen LogP contribution is -2.36. The summed E-state index contributed by atoms with van der Waals surface area (Å²) in [4.78, 5) is 21.3. The monoisotopic (exact) mass is 238 g/mol. The van der Waals surface area contributed by atoms with E-state index in [-0.39, 0.29) is 24.7 Å². The summed E-state index contributed by atoms with van der Waals surface area (Å²) >= 11 is 0. The number of hydrogen-bond donors (Lipinski definition) is 4. The van der Waals surface area contributed by atoms with Crippen molar-refractivity contribution in [1.29, 1.82) is 0 Å². The molecule has 0 unspecified atom stereocenters. The van der Waals surface area contributed by atoms with Crippen molar-refractivity contribution >= 4 is 11.9 Å². The van der Waals surface area contributed by atoms with Crippen molar-refractivity contribution in [2.24, 2.45) is 0 Å². The zero-order valence-corrected chi connectivity index (χ0v) is 9.14. The van der Waals surface area contributed by atoms with Crippen molar-refractivity contribution in [2.75, 3.05) is 13.1 Å². The quantitative estimate of drug-likeness (QED) is 0.544. The number of benzene rings is 1. The smallest absolute Gasteiger partial charge is 0.322 e. The number of rotatable bonds is 6. The number of amides is 1. The maximum Gasteiger partial charge on any atom is 0.322 e. The minimum atomic E-state index is -1.08. The molecule has 92 valence electrons. The van der Waals surface area contributed by atoms with Crippen molar-refractivity contribution in [3.8, 4) is 5.75 Å². The number of phenolic OH excluding ortho intramolecular Hbond substituents is 1. The molecule has 0 atom stereocenters. The number of carbonyl (C=O) groups is 2. The summed E-state index contributed by atoms with van der Waals surface area (Å²) in [5.41, 5.74) is 0.844. The van der Waals surface area contributed by atoms with Crippen molar-refractivity contribution in [3.05, 3.63) is 29.8 Å². The maximum absolute atomic E-state index is 11.1. The highest BCUT2D eigenvalue weighted by Gasteiger charge is 2.03. The third-order valence-electron chi connectivity index (χ3n) is 1.96. The Bertz CT molecular complexity index is 406. The van der Waals surface area contributed by atoms with Gasteiger partial charge in [0.05, 0.1) is 6.54 Å². The van der Waals surface area contributed by atoms with Gasteiger partial charge in [0.15, 0.2) is 0 Å². The van der Waals surface area contributed by atoms with E-state index in [1.807, 2.05) is 6.07 Å². The first kappa shape index (κ1) is 13.0. The molecule has 1 amide bonds. The largest absolute Gasteiger partial charge is 0.508 e. The summed E-state index contributed by atoms with van der Waals surface area (Å²) in [5, 5.41) is 22.6. The minimum Gasteiger partial charge on any atom is -0.508 e. The minimum absolute atomic E-state index is 0.0307. The highest BCUT2D eigenvalue weighted by Crippen LogP contribution is 2.09. The van der Waals surface area contributed by atoms with Gasteiger partial charge in [0.2, 0.25) is 5.91 Å². The van der Waals surface area contributed by atoms with Crippen molar-refractivity contribution < 1.29 is 19.8 Å². The molecule has 17 heavy (non-hydrogen) atoms. The number of carboxylic acids is 1. The van der Waals surface area contributed by atoms with E-state index in [0.717, 1.165) is 5.56 Å². The first-order valence-electron chi connectivity index (χ1n) is 5.05. The van der Waals surface area contributed by atoms with Crippen molar-refractivity contribution in [2.45, 2.75) is 6.54 Å². The molecular formula is C11H14N2O4. The second-order valence-corrected chi connectivity index (χ2v) is 3.44. The van der Waals surface area contributed by atoms with Crippen LogP contribution in [0.5, 0.6) is 5.75 Å². The predicted molar refractivity (Wildman–Crippen MR) is 60.5 cm³/mol. The van der Waals surface area contributed by atoms with Gasteiger partial charge < -0.3 is 20.8 Å². The number of aromatic hydroxyl groups is 1. The van der Waals surface area contributed by atoms with Crippen LogP contribution in [-0.4, -0.2) is 35.2 Å². The summed E-state index contributed by atoms with van der Waals surface area (Å²) in [6.07, 6.45) is 0. The summed E-state index contributed by atoms with van der Waals surface area (Å²) in [7, 11) is 0. The lowest BCUT2D eigenvalue weighted by molar-refractivity contribution is -0.137. The molecule has 4 N–H and O–H groups in total. The Morgan fingerprint density at radius 2 is 2.00 bits per heavy atom.